The van der Waals surface area contributed by atoms with Gasteiger partial charge in [-0.2, -0.15) is 0 Å². The molecule has 1 aliphatic rings. The van der Waals surface area contributed by atoms with Gasteiger partial charge in [-0.25, -0.2) is 0 Å². The lowest BCUT2D eigenvalue weighted by atomic mass is 10.2. The number of carbonyl (C=O) groups is 1. The van der Waals surface area contributed by atoms with Gasteiger partial charge in [0.25, 0.3) is 0 Å². The zero-order valence-corrected chi connectivity index (χ0v) is 10.4. The van der Waals surface area contributed by atoms with E-state index in [4.69, 9.17) is 16.3 Å². The molecule has 0 aliphatic heterocycles. The lowest BCUT2D eigenvalue weighted by molar-refractivity contribution is -0.130. The van der Waals surface area contributed by atoms with Gasteiger partial charge in [0, 0.05) is 6.54 Å². The Hall–Kier alpha value is -0.280. The van der Waals surface area contributed by atoms with Crippen LogP contribution >= 0.6 is 11.6 Å². The minimum absolute atomic E-state index is 0.0867. The number of alkyl halides is 1. The maximum absolute atomic E-state index is 11.3. The van der Waals surface area contributed by atoms with Crippen LogP contribution < -0.4 is 5.32 Å². The van der Waals surface area contributed by atoms with Gasteiger partial charge in [-0.05, 0) is 39.5 Å². The zero-order valence-electron chi connectivity index (χ0n) is 9.68. The van der Waals surface area contributed by atoms with Crippen LogP contribution in [0.5, 0.6) is 0 Å². The molecule has 0 radical (unpaired) electrons. The van der Waals surface area contributed by atoms with E-state index in [9.17, 15) is 4.79 Å². The van der Waals surface area contributed by atoms with Crippen LogP contribution in [-0.4, -0.2) is 30.0 Å². The van der Waals surface area contributed by atoms with Gasteiger partial charge in [0.1, 0.15) is 6.61 Å². The van der Waals surface area contributed by atoms with E-state index in [1.54, 1.807) is 0 Å². The molecular weight excluding hydrogens is 214 g/mol. The molecule has 0 aromatic carbocycles. The SMILES string of the molecule is CC(C)(C)OCC(=O)NCC(Cl)C1CC1. The van der Waals surface area contributed by atoms with Crippen molar-refractivity contribution in [3.05, 3.63) is 0 Å². The van der Waals surface area contributed by atoms with Crippen molar-refractivity contribution in [1.82, 2.24) is 5.32 Å². The molecule has 1 rings (SSSR count). The molecule has 0 bridgehead atoms. The maximum Gasteiger partial charge on any atom is 0.246 e. The molecule has 1 saturated carbocycles. The number of hydrogen-bond donors (Lipinski definition) is 1. The number of amides is 1. The molecule has 1 atom stereocenters. The van der Waals surface area contributed by atoms with Crippen LogP contribution in [0.25, 0.3) is 0 Å². The van der Waals surface area contributed by atoms with Crippen molar-refractivity contribution in [2.45, 2.75) is 44.6 Å². The van der Waals surface area contributed by atoms with Crippen LogP contribution in [0.3, 0.4) is 0 Å². The third-order valence-corrected chi connectivity index (χ3v) is 2.77. The number of carbonyl (C=O) groups excluding carboxylic acids is 1. The normalized spacial score (nSPS) is 18.7. The standard InChI is InChI=1S/C11H20ClNO2/c1-11(2,3)15-7-10(14)13-6-9(12)8-4-5-8/h8-9H,4-7H2,1-3H3,(H,13,14). The van der Waals surface area contributed by atoms with E-state index in [1.807, 2.05) is 20.8 Å². The Morgan fingerprint density at radius 3 is 2.60 bits per heavy atom. The van der Waals surface area contributed by atoms with Crippen molar-refractivity contribution in [2.75, 3.05) is 13.2 Å². The molecular formula is C11H20ClNO2. The molecule has 0 heterocycles. The molecule has 88 valence electrons. The van der Waals surface area contributed by atoms with Gasteiger partial charge < -0.3 is 10.1 Å². The summed E-state index contributed by atoms with van der Waals surface area (Å²) in [5, 5.41) is 2.87. The average Bonchev–Trinajstić information content (AvgIpc) is 2.92. The molecule has 1 N–H and O–H groups in total. The van der Waals surface area contributed by atoms with E-state index in [2.05, 4.69) is 5.32 Å². The minimum atomic E-state index is -0.270. The first-order chi connectivity index (χ1) is 6.88. The zero-order chi connectivity index (χ0) is 11.5. The highest BCUT2D eigenvalue weighted by molar-refractivity contribution is 6.21. The summed E-state index contributed by atoms with van der Waals surface area (Å²) in [6.07, 6.45) is 2.39. The predicted octanol–water partition coefficient (Wildman–Crippen LogP) is 1.94. The molecule has 0 saturated heterocycles. The summed E-state index contributed by atoms with van der Waals surface area (Å²) < 4.78 is 5.34. The van der Waals surface area contributed by atoms with Crippen molar-refractivity contribution in [2.24, 2.45) is 5.92 Å². The molecule has 15 heavy (non-hydrogen) atoms. The molecule has 0 spiro atoms. The number of rotatable bonds is 5. The third-order valence-electron chi connectivity index (χ3n) is 2.26. The first kappa shape index (κ1) is 12.8. The fourth-order valence-corrected chi connectivity index (χ4v) is 1.50. The second kappa shape index (κ2) is 5.17. The fraction of sp³-hybridized carbons (Fsp3) is 0.909. The highest BCUT2D eigenvalue weighted by Gasteiger charge is 2.29. The van der Waals surface area contributed by atoms with Crippen LogP contribution in [0.4, 0.5) is 0 Å². The van der Waals surface area contributed by atoms with Crippen molar-refractivity contribution < 1.29 is 9.53 Å². The highest BCUT2D eigenvalue weighted by Crippen LogP contribution is 2.35. The van der Waals surface area contributed by atoms with Gasteiger partial charge in [-0.1, -0.05) is 0 Å². The van der Waals surface area contributed by atoms with Crippen LogP contribution in [0.2, 0.25) is 0 Å². The Morgan fingerprint density at radius 1 is 1.53 bits per heavy atom. The first-order valence-corrected chi connectivity index (χ1v) is 5.87. The predicted molar refractivity (Wildman–Crippen MR) is 61.1 cm³/mol. The van der Waals surface area contributed by atoms with Gasteiger partial charge in [0.05, 0.1) is 11.0 Å². The summed E-state index contributed by atoms with van der Waals surface area (Å²) >= 11 is 6.06. The van der Waals surface area contributed by atoms with Crippen LogP contribution in [0.15, 0.2) is 0 Å². The van der Waals surface area contributed by atoms with E-state index >= 15 is 0 Å². The van der Waals surface area contributed by atoms with E-state index < -0.39 is 0 Å². The summed E-state index contributed by atoms with van der Waals surface area (Å²) in [5.41, 5.74) is -0.270. The van der Waals surface area contributed by atoms with Crippen LogP contribution in [-0.2, 0) is 9.53 Å². The lowest BCUT2D eigenvalue weighted by Crippen LogP contribution is -2.35. The summed E-state index contributed by atoms with van der Waals surface area (Å²) in [4.78, 5) is 11.3. The largest absolute Gasteiger partial charge is 0.366 e. The second-order valence-corrected chi connectivity index (χ2v) is 5.62. The number of hydrogen-bond acceptors (Lipinski definition) is 2. The maximum atomic E-state index is 11.3. The highest BCUT2D eigenvalue weighted by atomic mass is 35.5. The molecule has 0 aromatic rings. The Morgan fingerprint density at radius 2 is 2.13 bits per heavy atom. The monoisotopic (exact) mass is 233 g/mol. The molecule has 4 heteroatoms. The van der Waals surface area contributed by atoms with Gasteiger partial charge in [0.15, 0.2) is 0 Å². The van der Waals surface area contributed by atoms with Crippen molar-refractivity contribution >= 4 is 17.5 Å². The molecule has 0 aromatic heterocycles. The lowest BCUT2D eigenvalue weighted by Gasteiger charge is -2.19. The quantitative estimate of drug-likeness (QED) is 0.737. The topological polar surface area (TPSA) is 38.3 Å². The molecule has 3 nitrogen and oxygen atoms in total. The number of nitrogens with one attached hydrogen (secondary N) is 1. The fourth-order valence-electron chi connectivity index (χ4n) is 1.17. The molecule has 1 amide bonds. The van der Waals surface area contributed by atoms with E-state index in [0.717, 1.165) is 0 Å². The van der Waals surface area contributed by atoms with Crippen LogP contribution in [0, 0.1) is 5.92 Å². The van der Waals surface area contributed by atoms with Gasteiger partial charge in [-0.15, -0.1) is 11.6 Å². The van der Waals surface area contributed by atoms with E-state index in [0.29, 0.717) is 12.5 Å². The Balaban J connectivity index is 2.07. The summed E-state index contributed by atoms with van der Waals surface area (Å²) in [6, 6.07) is 0. The Bertz CT molecular complexity index is 221. The van der Waals surface area contributed by atoms with E-state index in [1.165, 1.54) is 12.8 Å². The Kier molecular flexibility index (Phi) is 4.41. The Labute approximate surface area is 96.5 Å². The van der Waals surface area contributed by atoms with Crippen molar-refractivity contribution in [3.8, 4) is 0 Å². The smallest absolute Gasteiger partial charge is 0.246 e. The van der Waals surface area contributed by atoms with Crippen LogP contribution in [0.1, 0.15) is 33.6 Å². The van der Waals surface area contributed by atoms with Crippen molar-refractivity contribution in [1.29, 1.82) is 0 Å². The van der Waals surface area contributed by atoms with Gasteiger partial charge in [0.2, 0.25) is 5.91 Å². The molecule has 1 unspecified atom stereocenters. The summed E-state index contributed by atoms with van der Waals surface area (Å²) in [5.74, 6) is 0.520. The first-order valence-electron chi connectivity index (χ1n) is 5.43. The number of ether oxygens (including phenoxy) is 1. The summed E-state index contributed by atoms with van der Waals surface area (Å²) in [7, 11) is 0. The summed E-state index contributed by atoms with van der Waals surface area (Å²) in [6.45, 7) is 6.44. The van der Waals surface area contributed by atoms with Crippen molar-refractivity contribution in [3.63, 3.8) is 0 Å². The van der Waals surface area contributed by atoms with Gasteiger partial charge in [-0.3, -0.25) is 4.79 Å². The number of halogens is 1. The van der Waals surface area contributed by atoms with Gasteiger partial charge >= 0.3 is 0 Å². The molecule has 1 aliphatic carbocycles. The average molecular weight is 234 g/mol. The minimum Gasteiger partial charge on any atom is -0.366 e. The van der Waals surface area contributed by atoms with E-state index in [-0.39, 0.29) is 23.5 Å². The third kappa shape index (κ3) is 6.00. The second-order valence-electron chi connectivity index (χ2n) is 5.06. The molecule has 1 fully saturated rings.